The highest BCUT2D eigenvalue weighted by atomic mass is 79.9. The van der Waals surface area contributed by atoms with Crippen LogP contribution in [0.5, 0.6) is 17.4 Å². The van der Waals surface area contributed by atoms with Gasteiger partial charge in [-0.25, -0.2) is 4.98 Å². The number of halogens is 5. The Morgan fingerprint density at radius 3 is 2.48 bits per heavy atom. The van der Waals surface area contributed by atoms with Crippen LogP contribution in [0.2, 0.25) is 5.15 Å². The molecule has 0 fully saturated rings. The number of ether oxygens (including phenoxy) is 2. The van der Waals surface area contributed by atoms with E-state index < -0.39 is 12.1 Å². The highest BCUT2D eigenvalue weighted by molar-refractivity contribution is 9.10. The Labute approximate surface area is 130 Å². The maximum absolute atomic E-state index is 12.1. The van der Waals surface area contributed by atoms with Crippen molar-refractivity contribution in [2.75, 3.05) is 5.73 Å². The van der Waals surface area contributed by atoms with E-state index in [2.05, 4.69) is 30.6 Å². The summed E-state index contributed by atoms with van der Waals surface area (Å²) < 4.78 is 45.6. The molecule has 0 radical (unpaired) electrons. The van der Waals surface area contributed by atoms with Crippen molar-refractivity contribution in [3.05, 3.63) is 33.9 Å². The van der Waals surface area contributed by atoms with Gasteiger partial charge in [0.05, 0.1) is 4.47 Å². The monoisotopic (exact) mass is 383 g/mol. The Kier molecular flexibility index (Phi) is 4.43. The van der Waals surface area contributed by atoms with Gasteiger partial charge >= 0.3 is 6.36 Å². The molecule has 0 aliphatic heterocycles. The van der Waals surface area contributed by atoms with Crippen LogP contribution in [0.15, 0.2) is 28.7 Å². The van der Waals surface area contributed by atoms with Crippen LogP contribution in [0.1, 0.15) is 0 Å². The van der Waals surface area contributed by atoms with Gasteiger partial charge < -0.3 is 15.2 Å². The van der Waals surface area contributed by atoms with Gasteiger partial charge in [0.15, 0.2) is 0 Å². The summed E-state index contributed by atoms with van der Waals surface area (Å²) in [6.45, 7) is 0. The van der Waals surface area contributed by atoms with Crippen LogP contribution in [0, 0.1) is 0 Å². The molecule has 0 aliphatic carbocycles. The topological polar surface area (TPSA) is 70.3 Å². The van der Waals surface area contributed by atoms with E-state index in [1.54, 1.807) is 0 Å². The predicted molar refractivity (Wildman–Crippen MR) is 72.4 cm³/mol. The van der Waals surface area contributed by atoms with Crippen LogP contribution in [-0.2, 0) is 0 Å². The SMILES string of the molecule is Nc1nc(Cl)cc(Oc2ccc(OC(F)(F)F)c(Br)c2)n1. The van der Waals surface area contributed by atoms with Crippen LogP contribution < -0.4 is 15.2 Å². The molecule has 0 saturated carbocycles. The zero-order chi connectivity index (χ0) is 15.6. The van der Waals surface area contributed by atoms with Gasteiger partial charge in [0, 0.05) is 6.07 Å². The van der Waals surface area contributed by atoms with Crippen LogP contribution in [0.25, 0.3) is 0 Å². The first kappa shape index (κ1) is 15.6. The second-order valence-corrected chi connectivity index (χ2v) is 4.87. The fourth-order valence-corrected chi connectivity index (χ4v) is 1.96. The smallest absolute Gasteiger partial charge is 0.439 e. The van der Waals surface area contributed by atoms with Crippen molar-refractivity contribution in [3.63, 3.8) is 0 Å². The van der Waals surface area contributed by atoms with E-state index in [0.29, 0.717) is 0 Å². The molecule has 10 heteroatoms. The zero-order valence-electron chi connectivity index (χ0n) is 9.99. The van der Waals surface area contributed by atoms with Crippen LogP contribution >= 0.6 is 27.5 Å². The first-order chi connectivity index (χ1) is 9.73. The summed E-state index contributed by atoms with van der Waals surface area (Å²) in [6, 6.07) is 4.97. The maximum atomic E-state index is 12.1. The van der Waals surface area contributed by atoms with E-state index in [9.17, 15) is 13.2 Å². The van der Waals surface area contributed by atoms with Crippen molar-refractivity contribution >= 4 is 33.5 Å². The average Bonchev–Trinajstić information content (AvgIpc) is 2.30. The van der Waals surface area contributed by atoms with Crippen molar-refractivity contribution in [3.8, 4) is 17.4 Å². The summed E-state index contributed by atoms with van der Waals surface area (Å²) in [5.41, 5.74) is 5.40. The third-order valence-corrected chi connectivity index (χ3v) is 2.85. The lowest BCUT2D eigenvalue weighted by molar-refractivity contribution is -0.274. The van der Waals surface area contributed by atoms with E-state index >= 15 is 0 Å². The fourth-order valence-electron chi connectivity index (χ4n) is 1.34. The standard InChI is InChI=1S/C11H6BrClF3N3O2/c12-6-3-5(1-2-7(6)21-11(14,15)16)20-9-4-8(13)18-10(17)19-9/h1-4H,(H2,17,18,19). The molecule has 21 heavy (non-hydrogen) atoms. The molecule has 1 heterocycles. The molecule has 5 nitrogen and oxygen atoms in total. The van der Waals surface area contributed by atoms with Crippen LogP contribution in [0.3, 0.4) is 0 Å². The number of nitrogens with zero attached hydrogens (tertiary/aromatic N) is 2. The van der Waals surface area contributed by atoms with Crippen molar-refractivity contribution < 1.29 is 22.6 Å². The van der Waals surface area contributed by atoms with E-state index in [0.717, 1.165) is 6.07 Å². The number of anilines is 1. The fraction of sp³-hybridized carbons (Fsp3) is 0.0909. The molecule has 112 valence electrons. The molecular formula is C11H6BrClF3N3O2. The molecule has 2 N–H and O–H groups in total. The number of aromatic nitrogens is 2. The molecule has 0 spiro atoms. The van der Waals surface area contributed by atoms with Crippen molar-refractivity contribution in [1.29, 1.82) is 0 Å². The quantitative estimate of drug-likeness (QED) is 0.805. The van der Waals surface area contributed by atoms with Gasteiger partial charge in [0.2, 0.25) is 11.8 Å². The number of rotatable bonds is 3. The van der Waals surface area contributed by atoms with Gasteiger partial charge in [-0.05, 0) is 34.1 Å². The van der Waals surface area contributed by atoms with Gasteiger partial charge in [0.1, 0.15) is 16.7 Å². The molecule has 0 amide bonds. The number of nitrogen functional groups attached to an aromatic ring is 1. The molecule has 0 atom stereocenters. The van der Waals surface area contributed by atoms with Crippen molar-refractivity contribution in [2.45, 2.75) is 6.36 Å². The van der Waals surface area contributed by atoms with Gasteiger partial charge in [-0.2, -0.15) is 4.98 Å². The summed E-state index contributed by atoms with van der Waals surface area (Å²) in [6.07, 6.45) is -4.78. The highest BCUT2D eigenvalue weighted by Crippen LogP contribution is 2.34. The lowest BCUT2D eigenvalue weighted by Gasteiger charge is -2.12. The molecule has 1 aromatic carbocycles. The number of hydrogen-bond donors (Lipinski definition) is 1. The van der Waals surface area contributed by atoms with E-state index in [1.807, 2.05) is 0 Å². The minimum absolute atomic E-state index is 0.0592. The second kappa shape index (κ2) is 5.94. The summed E-state index contributed by atoms with van der Waals surface area (Å²) in [5, 5.41) is 0.0774. The Morgan fingerprint density at radius 2 is 1.90 bits per heavy atom. The summed E-state index contributed by atoms with van der Waals surface area (Å²) in [4.78, 5) is 7.42. The van der Waals surface area contributed by atoms with E-state index in [-0.39, 0.29) is 27.2 Å². The lowest BCUT2D eigenvalue weighted by atomic mass is 10.3. The maximum Gasteiger partial charge on any atom is 0.573 e. The Morgan fingerprint density at radius 1 is 1.19 bits per heavy atom. The average molecular weight is 385 g/mol. The van der Waals surface area contributed by atoms with Crippen LogP contribution in [0.4, 0.5) is 19.1 Å². The highest BCUT2D eigenvalue weighted by Gasteiger charge is 2.32. The molecule has 2 rings (SSSR count). The minimum atomic E-state index is -4.78. The molecule has 1 aromatic heterocycles. The van der Waals surface area contributed by atoms with Gasteiger partial charge in [0.25, 0.3) is 0 Å². The molecule has 0 unspecified atom stereocenters. The molecule has 2 aromatic rings. The lowest BCUT2D eigenvalue weighted by Crippen LogP contribution is -2.17. The number of benzene rings is 1. The van der Waals surface area contributed by atoms with Crippen LogP contribution in [-0.4, -0.2) is 16.3 Å². The summed E-state index contributed by atoms with van der Waals surface area (Å²) in [5.74, 6) is -0.210. The van der Waals surface area contributed by atoms with E-state index in [1.165, 1.54) is 18.2 Å². The first-order valence-electron chi connectivity index (χ1n) is 5.26. The second-order valence-electron chi connectivity index (χ2n) is 3.63. The van der Waals surface area contributed by atoms with Gasteiger partial charge in [-0.3, -0.25) is 0 Å². The summed E-state index contributed by atoms with van der Waals surface area (Å²) in [7, 11) is 0. The molecule has 0 bridgehead atoms. The normalized spacial score (nSPS) is 11.3. The van der Waals surface area contributed by atoms with Crippen molar-refractivity contribution in [1.82, 2.24) is 9.97 Å². The first-order valence-corrected chi connectivity index (χ1v) is 6.43. The van der Waals surface area contributed by atoms with Crippen molar-refractivity contribution in [2.24, 2.45) is 0 Å². The third kappa shape index (κ3) is 4.64. The number of nitrogens with two attached hydrogens (primary N) is 1. The third-order valence-electron chi connectivity index (χ3n) is 2.04. The minimum Gasteiger partial charge on any atom is -0.439 e. The van der Waals surface area contributed by atoms with E-state index in [4.69, 9.17) is 22.1 Å². The predicted octanol–water partition coefficient (Wildman–Crippen LogP) is 4.17. The van der Waals surface area contributed by atoms with Gasteiger partial charge in [-0.1, -0.05) is 11.6 Å². The zero-order valence-corrected chi connectivity index (χ0v) is 12.3. The van der Waals surface area contributed by atoms with Gasteiger partial charge in [-0.15, -0.1) is 13.2 Å². The largest absolute Gasteiger partial charge is 0.573 e. The number of alkyl halides is 3. The molecule has 0 aliphatic rings. The summed E-state index contributed by atoms with van der Waals surface area (Å²) >= 11 is 8.63. The number of hydrogen-bond acceptors (Lipinski definition) is 5. The Balaban J connectivity index is 2.20. The Bertz CT molecular complexity index is 649. The molecular weight excluding hydrogens is 378 g/mol. The molecule has 0 saturated heterocycles. The Hall–Kier alpha value is -1.74.